The van der Waals surface area contributed by atoms with Crippen LogP contribution in [0.25, 0.3) is 0 Å². The van der Waals surface area contributed by atoms with Crippen LogP contribution in [0.5, 0.6) is 0 Å². The van der Waals surface area contributed by atoms with Gasteiger partial charge in [-0.05, 0) is 25.3 Å². The first-order chi connectivity index (χ1) is 8.13. The lowest BCUT2D eigenvalue weighted by atomic mass is 9.97. The molecule has 3 nitrogen and oxygen atoms in total. The number of nitrogens with two attached hydrogens (primary N) is 1. The molecule has 0 amide bonds. The van der Waals surface area contributed by atoms with Gasteiger partial charge in [-0.2, -0.15) is 0 Å². The van der Waals surface area contributed by atoms with Crippen molar-refractivity contribution in [3.8, 4) is 0 Å². The maximum absolute atomic E-state index is 11.5. The molecule has 3 heteroatoms. The van der Waals surface area contributed by atoms with Gasteiger partial charge in [-0.1, -0.05) is 37.3 Å². The summed E-state index contributed by atoms with van der Waals surface area (Å²) in [6.07, 6.45) is 1.46. The predicted octanol–water partition coefficient (Wildman–Crippen LogP) is 2.15. The van der Waals surface area contributed by atoms with E-state index in [1.165, 1.54) is 5.56 Å². The zero-order valence-corrected chi connectivity index (χ0v) is 10.6. The monoisotopic (exact) mass is 235 g/mol. The highest BCUT2D eigenvalue weighted by Gasteiger charge is 2.17. The van der Waals surface area contributed by atoms with Crippen LogP contribution in [-0.4, -0.2) is 18.6 Å². The first kappa shape index (κ1) is 13.7. The minimum absolute atomic E-state index is 0.00296. The van der Waals surface area contributed by atoms with Gasteiger partial charge in [0.25, 0.3) is 0 Å². The van der Waals surface area contributed by atoms with E-state index in [2.05, 4.69) is 12.1 Å². The first-order valence-electron chi connectivity index (χ1n) is 6.09. The molecule has 0 saturated carbocycles. The fourth-order valence-corrected chi connectivity index (χ4v) is 1.84. The SMILES string of the molecule is CCOC(=O)C(C)CC(N)Cc1ccccc1. The maximum atomic E-state index is 11.5. The van der Waals surface area contributed by atoms with Gasteiger partial charge in [0.15, 0.2) is 0 Å². The Hall–Kier alpha value is -1.35. The summed E-state index contributed by atoms with van der Waals surface area (Å²) in [4.78, 5) is 11.5. The lowest BCUT2D eigenvalue weighted by molar-refractivity contribution is -0.147. The van der Waals surface area contributed by atoms with Gasteiger partial charge in [0, 0.05) is 6.04 Å². The van der Waals surface area contributed by atoms with E-state index in [1.54, 1.807) is 0 Å². The van der Waals surface area contributed by atoms with E-state index in [0.29, 0.717) is 13.0 Å². The molecule has 17 heavy (non-hydrogen) atoms. The zero-order chi connectivity index (χ0) is 12.7. The van der Waals surface area contributed by atoms with Crippen LogP contribution in [0.15, 0.2) is 30.3 Å². The second-order valence-corrected chi connectivity index (χ2v) is 4.34. The van der Waals surface area contributed by atoms with Crippen molar-refractivity contribution in [3.05, 3.63) is 35.9 Å². The number of ether oxygens (including phenoxy) is 1. The smallest absolute Gasteiger partial charge is 0.308 e. The molecule has 94 valence electrons. The maximum Gasteiger partial charge on any atom is 0.308 e. The largest absolute Gasteiger partial charge is 0.466 e. The quantitative estimate of drug-likeness (QED) is 0.769. The lowest BCUT2D eigenvalue weighted by Crippen LogP contribution is -2.28. The van der Waals surface area contributed by atoms with Gasteiger partial charge in [0.2, 0.25) is 0 Å². The van der Waals surface area contributed by atoms with E-state index in [9.17, 15) is 4.79 Å². The molecule has 2 N–H and O–H groups in total. The number of benzene rings is 1. The van der Waals surface area contributed by atoms with E-state index >= 15 is 0 Å². The average Bonchev–Trinajstić information content (AvgIpc) is 2.30. The highest BCUT2D eigenvalue weighted by molar-refractivity contribution is 5.71. The van der Waals surface area contributed by atoms with E-state index in [0.717, 1.165) is 6.42 Å². The fraction of sp³-hybridized carbons (Fsp3) is 0.500. The normalized spacial score (nSPS) is 14.1. The van der Waals surface area contributed by atoms with E-state index in [1.807, 2.05) is 32.0 Å². The van der Waals surface area contributed by atoms with Gasteiger partial charge in [0.05, 0.1) is 12.5 Å². The molecule has 0 aliphatic heterocycles. The Morgan fingerprint density at radius 1 is 1.35 bits per heavy atom. The summed E-state index contributed by atoms with van der Waals surface area (Å²) in [5, 5.41) is 0. The van der Waals surface area contributed by atoms with Crippen molar-refractivity contribution >= 4 is 5.97 Å². The molecule has 0 saturated heterocycles. The molecule has 0 aromatic heterocycles. The van der Waals surface area contributed by atoms with Crippen LogP contribution in [0.1, 0.15) is 25.8 Å². The number of esters is 1. The molecule has 0 aliphatic rings. The zero-order valence-electron chi connectivity index (χ0n) is 10.6. The predicted molar refractivity (Wildman–Crippen MR) is 68.5 cm³/mol. The summed E-state index contributed by atoms with van der Waals surface area (Å²) in [6.45, 7) is 4.11. The van der Waals surface area contributed by atoms with Crippen molar-refractivity contribution in [1.82, 2.24) is 0 Å². The summed E-state index contributed by atoms with van der Waals surface area (Å²) in [5.74, 6) is -0.287. The third-order valence-electron chi connectivity index (χ3n) is 2.69. The molecular formula is C14H21NO2. The number of hydrogen-bond acceptors (Lipinski definition) is 3. The Bertz CT molecular complexity index is 337. The van der Waals surface area contributed by atoms with Crippen molar-refractivity contribution in [2.24, 2.45) is 11.7 Å². The Kier molecular flexibility index (Phi) is 5.70. The van der Waals surface area contributed by atoms with Crippen LogP contribution >= 0.6 is 0 Å². The second-order valence-electron chi connectivity index (χ2n) is 4.34. The van der Waals surface area contributed by atoms with Crippen molar-refractivity contribution in [3.63, 3.8) is 0 Å². The molecule has 0 radical (unpaired) electrons. The molecule has 0 heterocycles. The molecule has 2 atom stereocenters. The van der Waals surface area contributed by atoms with Crippen LogP contribution < -0.4 is 5.73 Å². The minimum atomic E-state index is -0.156. The van der Waals surface area contributed by atoms with Crippen molar-refractivity contribution in [2.45, 2.75) is 32.7 Å². The summed E-state index contributed by atoms with van der Waals surface area (Å²) in [7, 11) is 0. The van der Waals surface area contributed by atoms with Crippen molar-refractivity contribution in [2.75, 3.05) is 6.61 Å². The van der Waals surface area contributed by atoms with E-state index in [-0.39, 0.29) is 17.9 Å². The number of hydrogen-bond donors (Lipinski definition) is 1. The van der Waals surface area contributed by atoms with E-state index in [4.69, 9.17) is 10.5 Å². The highest BCUT2D eigenvalue weighted by Crippen LogP contribution is 2.11. The average molecular weight is 235 g/mol. The standard InChI is InChI=1S/C14H21NO2/c1-3-17-14(16)11(2)9-13(15)10-12-7-5-4-6-8-12/h4-8,11,13H,3,9-10,15H2,1-2H3. The summed E-state index contributed by atoms with van der Waals surface area (Å²) < 4.78 is 4.96. The topological polar surface area (TPSA) is 52.3 Å². The van der Waals surface area contributed by atoms with Gasteiger partial charge in [-0.25, -0.2) is 0 Å². The van der Waals surface area contributed by atoms with Crippen LogP contribution in [0.4, 0.5) is 0 Å². The van der Waals surface area contributed by atoms with Crippen LogP contribution in [0, 0.1) is 5.92 Å². The third kappa shape index (κ3) is 5.00. The van der Waals surface area contributed by atoms with Gasteiger partial charge in [-0.15, -0.1) is 0 Å². The first-order valence-corrected chi connectivity index (χ1v) is 6.09. The number of carbonyl (C=O) groups is 1. The Balaban J connectivity index is 2.39. The van der Waals surface area contributed by atoms with Crippen molar-refractivity contribution < 1.29 is 9.53 Å². The molecule has 1 aromatic carbocycles. The molecular weight excluding hydrogens is 214 g/mol. The molecule has 0 fully saturated rings. The van der Waals surface area contributed by atoms with E-state index < -0.39 is 0 Å². The Labute approximate surface area is 103 Å². The van der Waals surface area contributed by atoms with Crippen molar-refractivity contribution in [1.29, 1.82) is 0 Å². The summed E-state index contributed by atoms with van der Waals surface area (Å²) >= 11 is 0. The highest BCUT2D eigenvalue weighted by atomic mass is 16.5. The molecule has 1 aromatic rings. The van der Waals surface area contributed by atoms with Gasteiger partial charge >= 0.3 is 5.97 Å². The molecule has 0 aliphatic carbocycles. The minimum Gasteiger partial charge on any atom is -0.466 e. The van der Waals surface area contributed by atoms with Crippen LogP contribution in [0.2, 0.25) is 0 Å². The number of carbonyl (C=O) groups excluding carboxylic acids is 1. The summed E-state index contributed by atoms with van der Waals surface area (Å²) in [6, 6.07) is 10.1. The van der Waals surface area contributed by atoms with Gasteiger partial charge in [-0.3, -0.25) is 4.79 Å². The molecule has 1 rings (SSSR count). The van der Waals surface area contributed by atoms with Gasteiger partial charge in [0.1, 0.15) is 0 Å². The summed E-state index contributed by atoms with van der Waals surface area (Å²) in [5.41, 5.74) is 7.24. The molecule has 2 unspecified atom stereocenters. The molecule has 0 spiro atoms. The van der Waals surface area contributed by atoms with Crippen LogP contribution in [-0.2, 0) is 16.0 Å². The number of rotatable bonds is 6. The lowest BCUT2D eigenvalue weighted by Gasteiger charge is -2.16. The second kappa shape index (κ2) is 7.07. The molecule has 0 bridgehead atoms. The third-order valence-corrected chi connectivity index (χ3v) is 2.69. The Morgan fingerprint density at radius 3 is 2.59 bits per heavy atom. The van der Waals surface area contributed by atoms with Gasteiger partial charge < -0.3 is 10.5 Å². The fourth-order valence-electron chi connectivity index (χ4n) is 1.84. The Morgan fingerprint density at radius 2 is 2.00 bits per heavy atom. The van der Waals surface area contributed by atoms with Crippen LogP contribution in [0.3, 0.4) is 0 Å².